The normalized spacial score (nSPS) is 11.3. The summed E-state index contributed by atoms with van der Waals surface area (Å²) < 4.78 is 39.7. The minimum atomic E-state index is -3.89. The second-order valence-electron chi connectivity index (χ2n) is 3.64. The molecule has 2 rings (SSSR count). The van der Waals surface area contributed by atoms with Gasteiger partial charge in [-0.25, -0.2) is 13.4 Å². The summed E-state index contributed by atoms with van der Waals surface area (Å²) in [6.45, 7) is 0. The molecule has 8 heteroatoms. The second-order valence-corrected chi connectivity index (χ2v) is 6.15. The largest absolute Gasteiger partial charge is 0.399 e. The lowest BCUT2D eigenvalue weighted by atomic mass is 10.3. The first-order valence-electron chi connectivity index (χ1n) is 5.09. The fraction of sp³-hybridized carbons (Fsp3) is 0. The first-order valence-corrected chi connectivity index (χ1v) is 7.36. The van der Waals surface area contributed by atoms with Crippen LogP contribution in [0.25, 0.3) is 0 Å². The van der Waals surface area contributed by atoms with Gasteiger partial charge in [0, 0.05) is 10.2 Å². The van der Waals surface area contributed by atoms with Crippen molar-refractivity contribution < 1.29 is 12.8 Å². The van der Waals surface area contributed by atoms with E-state index in [9.17, 15) is 12.8 Å². The van der Waals surface area contributed by atoms with E-state index in [1.165, 1.54) is 24.3 Å². The Bertz CT molecular complexity index is 722. The molecule has 1 aromatic heterocycles. The average molecular weight is 346 g/mol. The zero-order chi connectivity index (χ0) is 14.0. The molecule has 0 saturated heterocycles. The molecule has 3 N–H and O–H groups in total. The van der Waals surface area contributed by atoms with Crippen LogP contribution in [-0.4, -0.2) is 13.4 Å². The van der Waals surface area contributed by atoms with Gasteiger partial charge in [-0.1, -0.05) is 6.07 Å². The van der Waals surface area contributed by atoms with Gasteiger partial charge in [-0.15, -0.1) is 0 Å². The van der Waals surface area contributed by atoms with E-state index in [4.69, 9.17) is 5.73 Å². The maximum absolute atomic E-state index is 12.9. The van der Waals surface area contributed by atoms with Gasteiger partial charge in [-0.05, 0) is 46.3 Å². The number of benzene rings is 1. The van der Waals surface area contributed by atoms with Crippen LogP contribution in [-0.2, 0) is 10.0 Å². The maximum atomic E-state index is 12.9. The van der Waals surface area contributed by atoms with Crippen molar-refractivity contribution in [3.63, 3.8) is 0 Å². The molecule has 0 atom stereocenters. The number of aromatic nitrogens is 1. The van der Waals surface area contributed by atoms with E-state index in [0.717, 1.165) is 6.07 Å². The Kier molecular flexibility index (Phi) is 3.72. The SMILES string of the molecule is Nc1ccc(Br)c(S(=O)(=O)Nc2cccc(F)n2)c1. The summed E-state index contributed by atoms with van der Waals surface area (Å²) in [4.78, 5) is 3.39. The third kappa shape index (κ3) is 3.21. The lowest BCUT2D eigenvalue weighted by Gasteiger charge is -2.09. The molecule has 19 heavy (non-hydrogen) atoms. The number of pyridine rings is 1. The van der Waals surface area contributed by atoms with E-state index in [1.54, 1.807) is 6.07 Å². The Morgan fingerprint density at radius 3 is 2.68 bits per heavy atom. The van der Waals surface area contributed by atoms with Gasteiger partial charge in [0.25, 0.3) is 10.0 Å². The van der Waals surface area contributed by atoms with Gasteiger partial charge in [0.05, 0.1) is 0 Å². The van der Waals surface area contributed by atoms with Crippen molar-refractivity contribution in [1.82, 2.24) is 4.98 Å². The number of nitrogen functional groups attached to an aromatic ring is 1. The molecular formula is C11H9BrFN3O2S. The summed E-state index contributed by atoms with van der Waals surface area (Å²) >= 11 is 3.12. The zero-order valence-corrected chi connectivity index (χ0v) is 11.9. The molecule has 0 aliphatic heterocycles. The average Bonchev–Trinajstić information content (AvgIpc) is 2.31. The highest BCUT2D eigenvalue weighted by Gasteiger charge is 2.18. The summed E-state index contributed by atoms with van der Waals surface area (Å²) in [5.41, 5.74) is 5.85. The quantitative estimate of drug-likeness (QED) is 0.660. The van der Waals surface area contributed by atoms with Crippen LogP contribution in [0.15, 0.2) is 45.8 Å². The third-order valence-corrected chi connectivity index (χ3v) is 4.55. The standard InChI is InChI=1S/C11H9BrFN3O2S/c12-8-5-4-7(14)6-9(8)19(17,18)16-11-3-1-2-10(13)15-11/h1-6H,14H2,(H,15,16). The fourth-order valence-electron chi connectivity index (χ4n) is 1.38. The van der Waals surface area contributed by atoms with Gasteiger partial charge in [0.1, 0.15) is 10.7 Å². The Labute approximate surface area is 117 Å². The Morgan fingerprint density at radius 1 is 1.26 bits per heavy atom. The highest BCUT2D eigenvalue weighted by Crippen LogP contribution is 2.25. The topological polar surface area (TPSA) is 85.1 Å². The lowest BCUT2D eigenvalue weighted by Crippen LogP contribution is -2.15. The Hall–Kier alpha value is -1.67. The number of anilines is 2. The fourth-order valence-corrected chi connectivity index (χ4v) is 3.38. The number of nitrogens with zero attached hydrogens (tertiary/aromatic N) is 1. The van der Waals surface area contributed by atoms with Crippen molar-refractivity contribution in [3.8, 4) is 0 Å². The van der Waals surface area contributed by atoms with Gasteiger partial charge >= 0.3 is 0 Å². The number of hydrogen-bond donors (Lipinski definition) is 2. The van der Waals surface area contributed by atoms with Gasteiger partial charge in [-0.2, -0.15) is 4.39 Å². The van der Waals surface area contributed by atoms with E-state index >= 15 is 0 Å². The predicted molar refractivity (Wildman–Crippen MR) is 73.6 cm³/mol. The summed E-state index contributed by atoms with van der Waals surface area (Å²) in [6, 6.07) is 8.20. The van der Waals surface area contributed by atoms with E-state index in [-0.39, 0.29) is 10.7 Å². The zero-order valence-electron chi connectivity index (χ0n) is 9.47. The summed E-state index contributed by atoms with van der Waals surface area (Å²) in [5, 5.41) is 0. The maximum Gasteiger partial charge on any atom is 0.264 e. The lowest BCUT2D eigenvalue weighted by molar-refractivity contribution is 0.584. The van der Waals surface area contributed by atoms with Gasteiger partial charge in [-0.3, -0.25) is 4.72 Å². The molecule has 0 saturated carbocycles. The van der Waals surface area contributed by atoms with E-state index in [1.807, 2.05) is 0 Å². The van der Waals surface area contributed by atoms with Crippen LogP contribution in [0.1, 0.15) is 0 Å². The Morgan fingerprint density at radius 2 is 2.00 bits per heavy atom. The molecule has 0 aliphatic rings. The van der Waals surface area contributed by atoms with Crippen molar-refractivity contribution in [2.45, 2.75) is 4.90 Å². The van der Waals surface area contributed by atoms with Crippen LogP contribution in [0.2, 0.25) is 0 Å². The molecule has 0 fully saturated rings. The van der Waals surface area contributed by atoms with Crippen LogP contribution in [0, 0.1) is 5.95 Å². The number of sulfonamides is 1. The molecule has 1 heterocycles. The summed E-state index contributed by atoms with van der Waals surface area (Å²) in [7, 11) is -3.89. The number of rotatable bonds is 3. The van der Waals surface area contributed by atoms with Crippen molar-refractivity contribution in [1.29, 1.82) is 0 Å². The molecule has 0 spiro atoms. The van der Waals surface area contributed by atoms with Crippen LogP contribution in [0.3, 0.4) is 0 Å². The van der Waals surface area contributed by atoms with Gasteiger partial charge in [0.15, 0.2) is 0 Å². The number of hydrogen-bond acceptors (Lipinski definition) is 4. The summed E-state index contributed by atoms with van der Waals surface area (Å²) in [5.74, 6) is -0.874. The minimum Gasteiger partial charge on any atom is -0.399 e. The van der Waals surface area contributed by atoms with Crippen molar-refractivity contribution >= 4 is 37.5 Å². The Balaban J connectivity index is 2.40. The van der Waals surface area contributed by atoms with Crippen LogP contribution in [0.5, 0.6) is 0 Å². The van der Waals surface area contributed by atoms with Gasteiger partial charge in [0.2, 0.25) is 5.95 Å². The smallest absolute Gasteiger partial charge is 0.264 e. The van der Waals surface area contributed by atoms with Crippen molar-refractivity contribution in [3.05, 3.63) is 46.8 Å². The number of halogens is 2. The van der Waals surface area contributed by atoms with Crippen molar-refractivity contribution in [2.24, 2.45) is 0 Å². The van der Waals surface area contributed by atoms with E-state index in [2.05, 4.69) is 25.6 Å². The minimum absolute atomic E-state index is 0.0430. The van der Waals surface area contributed by atoms with Crippen LogP contribution in [0.4, 0.5) is 15.9 Å². The molecule has 0 radical (unpaired) electrons. The van der Waals surface area contributed by atoms with E-state index < -0.39 is 16.0 Å². The molecule has 0 bridgehead atoms. The first-order chi connectivity index (χ1) is 8.88. The molecule has 0 unspecified atom stereocenters. The molecule has 5 nitrogen and oxygen atoms in total. The monoisotopic (exact) mass is 345 g/mol. The molecule has 0 aliphatic carbocycles. The third-order valence-electron chi connectivity index (χ3n) is 2.20. The van der Waals surface area contributed by atoms with E-state index in [0.29, 0.717) is 10.2 Å². The predicted octanol–water partition coefficient (Wildman–Crippen LogP) is 2.37. The molecule has 100 valence electrons. The molecule has 0 amide bonds. The van der Waals surface area contributed by atoms with Crippen LogP contribution < -0.4 is 10.5 Å². The van der Waals surface area contributed by atoms with Crippen LogP contribution >= 0.6 is 15.9 Å². The summed E-state index contributed by atoms with van der Waals surface area (Å²) in [6.07, 6.45) is 0. The molecule has 1 aromatic carbocycles. The highest BCUT2D eigenvalue weighted by molar-refractivity contribution is 9.10. The number of nitrogens with one attached hydrogen (secondary N) is 1. The highest BCUT2D eigenvalue weighted by atomic mass is 79.9. The first kappa shape index (κ1) is 13.8. The number of nitrogens with two attached hydrogens (primary N) is 1. The second kappa shape index (κ2) is 5.14. The molecular weight excluding hydrogens is 337 g/mol. The van der Waals surface area contributed by atoms with Gasteiger partial charge < -0.3 is 5.73 Å². The molecule has 2 aromatic rings. The van der Waals surface area contributed by atoms with Crippen molar-refractivity contribution in [2.75, 3.05) is 10.5 Å².